The van der Waals surface area contributed by atoms with Gasteiger partial charge in [0.2, 0.25) is 5.91 Å². The number of thiol groups is 1. The van der Waals surface area contributed by atoms with E-state index in [1.807, 2.05) is 29.7 Å². The van der Waals surface area contributed by atoms with Crippen molar-refractivity contribution in [2.24, 2.45) is 5.92 Å². The fourth-order valence-corrected chi connectivity index (χ4v) is 3.59. The number of ether oxygens (including phenoxy) is 2. The topological polar surface area (TPSA) is 42.0 Å². The number of piperazine rings is 1. The lowest BCUT2D eigenvalue weighted by molar-refractivity contribution is -0.132. The Bertz CT molecular complexity index is 659. The summed E-state index contributed by atoms with van der Waals surface area (Å²) in [4.78, 5) is 15.7. The summed E-state index contributed by atoms with van der Waals surface area (Å²) in [5, 5.41) is 0. The molecule has 7 heteroatoms. The monoisotopic (exact) mass is 396 g/mol. The van der Waals surface area contributed by atoms with Crippen LogP contribution < -0.4 is 4.90 Å². The SMILES string of the molecule is CC(C)(S)OCc1cccc(N2CCN(CC3CCOCC3)C(=O)C2)c1F. The van der Waals surface area contributed by atoms with Crippen LogP contribution in [0.3, 0.4) is 0 Å². The fraction of sp³-hybridized carbons (Fsp3) is 0.650. The minimum atomic E-state index is -0.631. The molecule has 1 aromatic carbocycles. The van der Waals surface area contributed by atoms with Crippen molar-refractivity contribution in [3.05, 3.63) is 29.6 Å². The van der Waals surface area contributed by atoms with E-state index < -0.39 is 4.93 Å². The summed E-state index contributed by atoms with van der Waals surface area (Å²) < 4.78 is 25.9. The maximum absolute atomic E-state index is 14.9. The molecule has 0 atom stereocenters. The number of amides is 1. The smallest absolute Gasteiger partial charge is 0.242 e. The summed E-state index contributed by atoms with van der Waals surface area (Å²) in [6, 6.07) is 5.25. The highest BCUT2D eigenvalue weighted by atomic mass is 32.1. The lowest BCUT2D eigenvalue weighted by Gasteiger charge is -2.38. The quantitative estimate of drug-likeness (QED) is 0.593. The predicted octanol–water partition coefficient (Wildman–Crippen LogP) is 3.08. The number of hydrogen-bond acceptors (Lipinski definition) is 5. The van der Waals surface area contributed by atoms with E-state index in [9.17, 15) is 9.18 Å². The van der Waals surface area contributed by atoms with Gasteiger partial charge in [-0.05, 0) is 38.7 Å². The van der Waals surface area contributed by atoms with Gasteiger partial charge >= 0.3 is 0 Å². The Morgan fingerprint density at radius 3 is 2.70 bits per heavy atom. The van der Waals surface area contributed by atoms with Gasteiger partial charge in [0.1, 0.15) is 4.93 Å². The summed E-state index contributed by atoms with van der Waals surface area (Å²) >= 11 is 4.31. The van der Waals surface area contributed by atoms with E-state index in [0.29, 0.717) is 30.3 Å². The molecule has 0 unspecified atom stereocenters. The highest BCUT2D eigenvalue weighted by Crippen LogP contribution is 2.26. The second kappa shape index (κ2) is 8.80. The Labute approximate surface area is 166 Å². The van der Waals surface area contributed by atoms with Crippen molar-refractivity contribution < 1.29 is 18.7 Å². The van der Waals surface area contributed by atoms with Crippen LogP contribution >= 0.6 is 12.6 Å². The van der Waals surface area contributed by atoms with Crippen molar-refractivity contribution in [3.63, 3.8) is 0 Å². The van der Waals surface area contributed by atoms with Gasteiger partial charge in [-0.2, -0.15) is 0 Å². The Balaban J connectivity index is 1.62. The molecule has 1 amide bonds. The van der Waals surface area contributed by atoms with Crippen molar-refractivity contribution in [3.8, 4) is 0 Å². The van der Waals surface area contributed by atoms with Gasteiger partial charge in [0.25, 0.3) is 0 Å². The zero-order chi connectivity index (χ0) is 19.4. The third-order valence-electron chi connectivity index (χ3n) is 5.12. The maximum atomic E-state index is 14.9. The normalized spacial score (nSPS) is 19.6. The molecule has 150 valence electrons. The molecule has 2 heterocycles. The maximum Gasteiger partial charge on any atom is 0.242 e. The van der Waals surface area contributed by atoms with Gasteiger partial charge in [-0.3, -0.25) is 4.79 Å². The summed E-state index contributed by atoms with van der Waals surface area (Å²) in [5.41, 5.74) is 0.943. The fourth-order valence-electron chi connectivity index (χ4n) is 3.52. The van der Waals surface area contributed by atoms with Crippen LogP contribution in [-0.4, -0.2) is 55.1 Å². The van der Waals surface area contributed by atoms with Gasteiger partial charge in [0.15, 0.2) is 5.82 Å². The number of carbonyl (C=O) groups is 1. The molecule has 0 radical (unpaired) electrons. The van der Waals surface area contributed by atoms with E-state index in [2.05, 4.69) is 12.6 Å². The molecular weight excluding hydrogens is 367 g/mol. The number of halogens is 1. The molecule has 27 heavy (non-hydrogen) atoms. The minimum absolute atomic E-state index is 0.0605. The molecule has 2 fully saturated rings. The molecule has 0 N–H and O–H groups in total. The summed E-state index contributed by atoms with van der Waals surface area (Å²) in [6.45, 7) is 7.58. The highest BCUT2D eigenvalue weighted by molar-refractivity contribution is 7.81. The van der Waals surface area contributed by atoms with Crippen LogP contribution in [-0.2, 0) is 20.9 Å². The molecule has 2 saturated heterocycles. The van der Waals surface area contributed by atoms with E-state index in [1.165, 1.54) is 0 Å². The Morgan fingerprint density at radius 1 is 1.30 bits per heavy atom. The van der Waals surface area contributed by atoms with Crippen molar-refractivity contribution in [1.82, 2.24) is 4.90 Å². The molecule has 0 aliphatic carbocycles. The van der Waals surface area contributed by atoms with E-state index in [-0.39, 0.29) is 24.9 Å². The van der Waals surface area contributed by atoms with Gasteiger partial charge in [-0.15, -0.1) is 12.6 Å². The van der Waals surface area contributed by atoms with E-state index in [1.54, 1.807) is 12.1 Å². The van der Waals surface area contributed by atoms with Crippen LogP contribution in [0, 0.1) is 11.7 Å². The van der Waals surface area contributed by atoms with Gasteiger partial charge in [0.05, 0.1) is 18.8 Å². The third kappa shape index (κ3) is 5.59. The van der Waals surface area contributed by atoms with Gasteiger partial charge in [-0.1, -0.05) is 12.1 Å². The second-order valence-electron chi connectivity index (χ2n) is 7.80. The first kappa shape index (κ1) is 20.4. The number of anilines is 1. The summed E-state index contributed by atoms with van der Waals surface area (Å²) in [6.07, 6.45) is 2.01. The van der Waals surface area contributed by atoms with Crippen molar-refractivity contribution in [2.45, 2.75) is 38.2 Å². The molecule has 0 spiro atoms. The van der Waals surface area contributed by atoms with Crippen LogP contribution in [0.4, 0.5) is 10.1 Å². The highest BCUT2D eigenvalue weighted by Gasteiger charge is 2.28. The molecule has 5 nitrogen and oxygen atoms in total. The van der Waals surface area contributed by atoms with Crippen molar-refractivity contribution >= 4 is 24.2 Å². The van der Waals surface area contributed by atoms with E-state index in [0.717, 1.165) is 32.6 Å². The predicted molar refractivity (Wildman–Crippen MR) is 107 cm³/mol. The molecule has 0 bridgehead atoms. The number of rotatable bonds is 6. The largest absolute Gasteiger partial charge is 0.381 e. The average molecular weight is 397 g/mol. The summed E-state index contributed by atoms with van der Waals surface area (Å²) in [5.74, 6) is 0.252. The first-order valence-corrected chi connectivity index (χ1v) is 10.0. The molecule has 1 aromatic rings. The standard InChI is InChI=1S/C20H29FN2O3S/c1-20(2,27)26-14-16-4-3-5-17(19(16)21)22-8-9-23(18(24)13-22)12-15-6-10-25-11-7-15/h3-5,15,27H,6-14H2,1-2H3. The zero-order valence-electron chi connectivity index (χ0n) is 16.1. The molecule has 0 saturated carbocycles. The van der Waals surface area contributed by atoms with E-state index >= 15 is 0 Å². The molecule has 3 rings (SSSR count). The van der Waals surface area contributed by atoms with Gasteiger partial charge in [-0.25, -0.2) is 4.39 Å². The third-order valence-corrected chi connectivity index (χ3v) is 5.25. The minimum Gasteiger partial charge on any atom is -0.381 e. The first-order valence-electron chi connectivity index (χ1n) is 9.57. The lowest BCUT2D eigenvalue weighted by atomic mass is 9.99. The van der Waals surface area contributed by atoms with E-state index in [4.69, 9.17) is 9.47 Å². The Morgan fingerprint density at radius 2 is 2.04 bits per heavy atom. The molecule has 2 aliphatic rings. The van der Waals surface area contributed by atoms with Gasteiger partial charge < -0.3 is 19.3 Å². The number of benzene rings is 1. The first-order chi connectivity index (χ1) is 12.8. The van der Waals surface area contributed by atoms with Crippen LogP contribution in [0.15, 0.2) is 18.2 Å². The second-order valence-corrected chi connectivity index (χ2v) is 8.88. The Kier molecular flexibility index (Phi) is 6.65. The number of hydrogen-bond donors (Lipinski definition) is 1. The number of carbonyl (C=O) groups excluding carboxylic acids is 1. The summed E-state index contributed by atoms with van der Waals surface area (Å²) in [7, 11) is 0. The zero-order valence-corrected chi connectivity index (χ0v) is 17.0. The van der Waals surface area contributed by atoms with Crippen molar-refractivity contribution in [1.29, 1.82) is 0 Å². The van der Waals surface area contributed by atoms with Crippen LogP contribution in [0.2, 0.25) is 0 Å². The number of nitrogens with zero attached hydrogens (tertiary/aromatic N) is 2. The van der Waals surface area contributed by atoms with Crippen LogP contribution in [0.5, 0.6) is 0 Å². The molecule has 2 aliphatic heterocycles. The van der Waals surface area contributed by atoms with Crippen LogP contribution in [0.1, 0.15) is 32.3 Å². The van der Waals surface area contributed by atoms with Crippen LogP contribution in [0.25, 0.3) is 0 Å². The Hall–Kier alpha value is -1.31. The van der Waals surface area contributed by atoms with Gasteiger partial charge in [0, 0.05) is 38.4 Å². The van der Waals surface area contributed by atoms with Crippen molar-refractivity contribution in [2.75, 3.05) is 44.3 Å². The average Bonchev–Trinajstić information content (AvgIpc) is 2.63. The molecular formula is C20H29FN2O3S. The lowest BCUT2D eigenvalue weighted by Crippen LogP contribution is -2.52. The molecule has 0 aromatic heterocycles.